The summed E-state index contributed by atoms with van der Waals surface area (Å²) in [6, 6.07) is 0.458. The van der Waals surface area contributed by atoms with E-state index < -0.39 is 0 Å². The molecule has 3 heteroatoms. The summed E-state index contributed by atoms with van der Waals surface area (Å²) < 4.78 is 11.3. The fourth-order valence-electron chi connectivity index (χ4n) is 1.70. The van der Waals surface area contributed by atoms with Crippen LogP contribution in [-0.2, 0) is 9.47 Å². The summed E-state index contributed by atoms with van der Waals surface area (Å²) in [6.07, 6.45) is 2.53. The minimum atomic E-state index is 0.259. The standard InChI is InChI=1S/C14H31NO2/c1-6-8-15-14(7-2)13(5)17-10-9-16-11-12(3)4/h12-15H,6-11H2,1-5H3. The normalized spacial score (nSPS) is 15.2. The highest BCUT2D eigenvalue weighted by atomic mass is 16.5. The second kappa shape index (κ2) is 11.0. The lowest BCUT2D eigenvalue weighted by molar-refractivity contribution is -0.00830. The summed E-state index contributed by atoms with van der Waals surface area (Å²) in [6.45, 7) is 14.1. The monoisotopic (exact) mass is 245 g/mol. The summed E-state index contributed by atoms with van der Waals surface area (Å²) in [5, 5.41) is 3.51. The van der Waals surface area contributed by atoms with Gasteiger partial charge in [-0.05, 0) is 32.2 Å². The van der Waals surface area contributed by atoms with Gasteiger partial charge in [0.15, 0.2) is 0 Å². The van der Waals surface area contributed by atoms with E-state index in [0.29, 0.717) is 25.2 Å². The summed E-state index contributed by atoms with van der Waals surface area (Å²) in [5.74, 6) is 0.599. The maximum absolute atomic E-state index is 5.79. The fraction of sp³-hybridized carbons (Fsp3) is 1.00. The molecule has 2 unspecified atom stereocenters. The van der Waals surface area contributed by atoms with Crippen LogP contribution in [0.1, 0.15) is 47.5 Å². The van der Waals surface area contributed by atoms with Crippen LogP contribution in [-0.4, -0.2) is 38.5 Å². The Morgan fingerprint density at radius 1 is 1.06 bits per heavy atom. The highest BCUT2D eigenvalue weighted by molar-refractivity contribution is 4.71. The molecule has 0 saturated heterocycles. The Morgan fingerprint density at radius 3 is 2.29 bits per heavy atom. The second-order valence-corrected chi connectivity index (χ2v) is 5.01. The van der Waals surface area contributed by atoms with E-state index in [1.165, 1.54) is 6.42 Å². The van der Waals surface area contributed by atoms with Crippen molar-refractivity contribution in [1.82, 2.24) is 5.32 Å². The lowest BCUT2D eigenvalue weighted by Crippen LogP contribution is -2.40. The van der Waals surface area contributed by atoms with Crippen molar-refractivity contribution in [2.75, 3.05) is 26.4 Å². The molecule has 104 valence electrons. The first-order valence-electron chi connectivity index (χ1n) is 7.04. The van der Waals surface area contributed by atoms with Gasteiger partial charge in [-0.15, -0.1) is 0 Å². The summed E-state index contributed by atoms with van der Waals surface area (Å²) in [5.41, 5.74) is 0. The molecular formula is C14H31NO2. The van der Waals surface area contributed by atoms with E-state index in [1.54, 1.807) is 0 Å². The zero-order valence-corrected chi connectivity index (χ0v) is 12.3. The van der Waals surface area contributed by atoms with Gasteiger partial charge in [-0.25, -0.2) is 0 Å². The molecular weight excluding hydrogens is 214 g/mol. The molecule has 0 saturated carbocycles. The molecule has 0 amide bonds. The quantitative estimate of drug-likeness (QED) is 0.568. The molecule has 0 aliphatic heterocycles. The van der Waals surface area contributed by atoms with Crippen LogP contribution < -0.4 is 5.32 Å². The van der Waals surface area contributed by atoms with E-state index in [0.717, 1.165) is 19.6 Å². The van der Waals surface area contributed by atoms with E-state index in [4.69, 9.17) is 9.47 Å². The molecule has 0 aliphatic carbocycles. The van der Waals surface area contributed by atoms with E-state index in [2.05, 4.69) is 39.9 Å². The third-order valence-corrected chi connectivity index (χ3v) is 2.72. The Bertz CT molecular complexity index is 162. The van der Waals surface area contributed by atoms with E-state index in [-0.39, 0.29) is 6.10 Å². The maximum atomic E-state index is 5.79. The molecule has 0 fully saturated rings. The van der Waals surface area contributed by atoms with Gasteiger partial charge in [0.25, 0.3) is 0 Å². The van der Waals surface area contributed by atoms with Gasteiger partial charge in [-0.2, -0.15) is 0 Å². The van der Waals surface area contributed by atoms with Crippen LogP contribution >= 0.6 is 0 Å². The minimum Gasteiger partial charge on any atom is -0.379 e. The van der Waals surface area contributed by atoms with E-state index in [1.807, 2.05) is 0 Å². The molecule has 0 bridgehead atoms. The topological polar surface area (TPSA) is 30.5 Å². The number of rotatable bonds is 11. The Morgan fingerprint density at radius 2 is 1.76 bits per heavy atom. The van der Waals surface area contributed by atoms with Crippen LogP contribution in [0.3, 0.4) is 0 Å². The van der Waals surface area contributed by atoms with Crippen LogP contribution in [0.2, 0.25) is 0 Å². The smallest absolute Gasteiger partial charge is 0.0704 e. The van der Waals surface area contributed by atoms with Crippen LogP contribution in [0.25, 0.3) is 0 Å². The number of hydrogen-bond acceptors (Lipinski definition) is 3. The summed E-state index contributed by atoms with van der Waals surface area (Å²) >= 11 is 0. The van der Waals surface area contributed by atoms with E-state index >= 15 is 0 Å². The molecule has 0 aromatic heterocycles. The van der Waals surface area contributed by atoms with E-state index in [9.17, 15) is 0 Å². The first-order chi connectivity index (χ1) is 8.11. The molecule has 0 aliphatic rings. The largest absolute Gasteiger partial charge is 0.379 e. The van der Waals surface area contributed by atoms with Crippen LogP contribution in [0.4, 0.5) is 0 Å². The van der Waals surface area contributed by atoms with Gasteiger partial charge >= 0.3 is 0 Å². The predicted octanol–water partition coefficient (Wildman–Crippen LogP) is 2.84. The van der Waals surface area contributed by atoms with Gasteiger partial charge in [-0.1, -0.05) is 27.7 Å². The van der Waals surface area contributed by atoms with Crippen molar-refractivity contribution in [3.8, 4) is 0 Å². The van der Waals surface area contributed by atoms with Crippen molar-refractivity contribution in [1.29, 1.82) is 0 Å². The zero-order valence-electron chi connectivity index (χ0n) is 12.3. The number of hydrogen-bond donors (Lipinski definition) is 1. The van der Waals surface area contributed by atoms with Gasteiger partial charge in [0, 0.05) is 12.6 Å². The molecule has 0 aromatic carbocycles. The third kappa shape index (κ3) is 9.57. The number of nitrogens with one attached hydrogen (secondary N) is 1. The average Bonchev–Trinajstić information content (AvgIpc) is 2.29. The van der Waals surface area contributed by atoms with Crippen LogP contribution in [0.15, 0.2) is 0 Å². The molecule has 1 N–H and O–H groups in total. The Balaban J connectivity index is 3.56. The zero-order chi connectivity index (χ0) is 13.1. The van der Waals surface area contributed by atoms with Crippen molar-refractivity contribution in [3.63, 3.8) is 0 Å². The Kier molecular flexibility index (Phi) is 10.9. The third-order valence-electron chi connectivity index (χ3n) is 2.72. The lowest BCUT2D eigenvalue weighted by Gasteiger charge is -2.24. The van der Waals surface area contributed by atoms with Crippen LogP contribution in [0, 0.1) is 5.92 Å². The van der Waals surface area contributed by atoms with Crippen molar-refractivity contribution >= 4 is 0 Å². The summed E-state index contributed by atoms with van der Waals surface area (Å²) in [4.78, 5) is 0. The molecule has 17 heavy (non-hydrogen) atoms. The highest BCUT2D eigenvalue weighted by Gasteiger charge is 2.14. The Labute approximate surface area is 107 Å². The van der Waals surface area contributed by atoms with Gasteiger partial charge in [0.2, 0.25) is 0 Å². The van der Waals surface area contributed by atoms with Crippen molar-refractivity contribution in [2.24, 2.45) is 5.92 Å². The minimum absolute atomic E-state index is 0.259. The van der Waals surface area contributed by atoms with Gasteiger partial charge in [-0.3, -0.25) is 0 Å². The molecule has 0 spiro atoms. The molecule has 0 heterocycles. The van der Waals surface area contributed by atoms with Gasteiger partial charge < -0.3 is 14.8 Å². The lowest BCUT2D eigenvalue weighted by atomic mass is 10.1. The predicted molar refractivity (Wildman–Crippen MR) is 73.4 cm³/mol. The summed E-state index contributed by atoms with van der Waals surface area (Å²) in [7, 11) is 0. The van der Waals surface area contributed by atoms with Gasteiger partial charge in [0.1, 0.15) is 0 Å². The SMILES string of the molecule is CCCNC(CC)C(C)OCCOCC(C)C. The molecule has 0 radical (unpaired) electrons. The van der Waals surface area contributed by atoms with Crippen LogP contribution in [0.5, 0.6) is 0 Å². The average molecular weight is 245 g/mol. The molecule has 2 atom stereocenters. The van der Waals surface area contributed by atoms with Crippen molar-refractivity contribution in [2.45, 2.75) is 59.6 Å². The van der Waals surface area contributed by atoms with Crippen molar-refractivity contribution in [3.05, 3.63) is 0 Å². The number of ether oxygens (including phenoxy) is 2. The first kappa shape index (κ1) is 16.9. The molecule has 0 aromatic rings. The first-order valence-corrected chi connectivity index (χ1v) is 7.04. The molecule has 3 nitrogen and oxygen atoms in total. The highest BCUT2D eigenvalue weighted by Crippen LogP contribution is 2.03. The Hall–Kier alpha value is -0.120. The van der Waals surface area contributed by atoms with Gasteiger partial charge in [0.05, 0.1) is 19.3 Å². The maximum Gasteiger partial charge on any atom is 0.0704 e. The fourth-order valence-corrected chi connectivity index (χ4v) is 1.70. The molecule has 0 rings (SSSR count). The second-order valence-electron chi connectivity index (χ2n) is 5.01. The van der Waals surface area contributed by atoms with Crippen molar-refractivity contribution < 1.29 is 9.47 Å².